The van der Waals surface area contributed by atoms with Gasteiger partial charge in [0.2, 0.25) is 0 Å². The first kappa shape index (κ1) is 14.1. The Morgan fingerprint density at radius 1 is 1.32 bits per heavy atom. The Morgan fingerprint density at radius 2 is 2.05 bits per heavy atom. The van der Waals surface area contributed by atoms with Crippen LogP contribution in [0, 0.1) is 0 Å². The van der Waals surface area contributed by atoms with Crippen LogP contribution in [0.1, 0.15) is 51.3 Å². The summed E-state index contributed by atoms with van der Waals surface area (Å²) in [5.41, 5.74) is 2.65. The predicted octanol–water partition coefficient (Wildman–Crippen LogP) is 2.48. The van der Waals surface area contributed by atoms with Crippen molar-refractivity contribution in [3.63, 3.8) is 0 Å². The summed E-state index contributed by atoms with van der Waals surface area (Å²) < 4.78 is 0. The lowest BCUT2D eigenvalue weighted by molar-refractivity contribution is 0.425. The van der Waals surface area contributed by atoms with Crippen molar-refractivity contribution < 1.29 is 0 Å². The van der Waals surface area contributed by atoms with Gasteiger partial charge in [0.1, 0.15) is 17.5 Å². The molecule has 106 valence electrons. The first-order valence-electron chi connectivity index (χ1n) is 7.32. The average molecular weight is 263 g/mol. The molecule has 0 amide bonds. The molecule has 3 N–H and O–H groups in total. The summed E-state index contributed by atoms with van der Waals surface area (Å²) in [6, 6.07) is 2.54. The number of nitrogens with two attached hydrogens (primary N) is 1. The Hall–Kier alpha value is -1.36. The van der Waals surface area contributed by atoms with Crippen LogP contribution >= 0.6 is 0 Å². The van der Waals surface area contributed by atoms with E-state index in [9.17, 15) is 0 Å². The van der Waals surface area contributed by atoms with Crippen LogP contribution < -0.4 is 16.2 Å². The molecule has 1 heterocycles. The highest BCUT2D eigenvalue weighted by Gasteiger charge is 2.20. The first-order valence-corrected chi connectivity index (χ1v) is 7.32. The number of nitrogens with one attached hydrogen (secondary N) is 1. The van der Waals surface area contributed by atoms with E-state index in [4.69, 9.17) is 5.84 Å². The first-order chi connectivity index (χ1) is 9.24. The maximum atomic E-state index is 5.50. The van der Waals surface area contributed by atoms with Crippen molar-refractivity contribution >= 4 is 11.6 Å². The van der Waals surface area contributed by atoms with Crippen molar-refractivity contribution in [1.29, 1.82) is 0 Å². The monoisotopic (exact) mass is 263 g/mol. The lowest BCUT2D eigenvalue weighted by Gasteiger charge is -2.32. The van der Waals surface area contributed by atoms with E-state index in [0.29, 0.717) is 11.9 Å². The Bertz CT molecular complexity index is 401. The van der Waals surface area contributed by atoms with E-state index < -0.39 is 0 Å². The number of aromatic nitrogens is 2. The van der Waals surface area contributed by atoms with Crippen molar-refractivity contribution in [3.8, 4) is 0 Å². The van der Waals surface area contributed by atoms with Crippen molar-refractivity contribution in [2.45, 2.75) is 57.9 Å². The Morgan fingerprint density at radius 3 is 2.68 bits per heavy atom. The van der Waals surface area contributed by atoms with Crippen LogP contribution in [-0.4, -0.2) is 23.1 Å². The van der Waals surface area contributed by atoms with Crippen molar-refractivity contribution in [3.05, 3.63) is 11.9 Å². The van der Waals surface area contributed by atoms with Gasteiger partial charge in [-0.25, -0.2) is 15.8 Å². The van der Waals surface area contributed by atoms with Crippen LogP contribution in [0.3, 0.4) is 0 Å². The zero-order valence-corrected chi connectivity index (χ0v) is 12.0. The summed E-state index contributed by atoms with van der Waals surface area (Å²) in [6.45, 7) is 2.14. The maximum Gasteiger partial charge on any atom is 0.145 e. The topological polar surface area (TPSA) is 67.1 Å². The van der Waals surface area contributed by atoms with Gasteiger partial charge in [-0.1, -0.05) is 26.2 Å². The molecule has 0 unspecified atom stereocenters. The quantitative estimate of drug-likeness (QED) is 0.631. The summed E-state index contributed by atoms with van der Waals surface area (Å²) in [7, 11) is 2.13. The number of hydrazine groups is 1. The van der Waals surface area contributed by atoms with Gasteiger partial charge in [0.15, 0.2) is 0 Å². The van der Waals surface area contributed by atoms with Gasteiger partial charge in [0.25, 0.3) is 0 Å². The number of anilines is 2. The Labute approximate surface area is 115 Å². The highest BCUT2D eigenvalue weighted by molar-refractivity contribution is 5.49. The fraction of sp³-hybridized carbons (Fsp3) is 0.714. The van der Waals surface area contributed by atoms with Crippen LogP contribution in [-0.2, 0) is 6.42 Å². The molecule has 0 saturated heterocycles. The van der Waals surface area contributed by atoms with Crippen LogP contribution in [0.4, 0.5) is 11.6 Å². The molecular weight excluding hydrogens is 238 g/mol. The zero-order chi connectivity index (χ0) is 13.7. The van der Waals surface area contributed by atoms with E-state index in [0.717, 1.165) is 24.5 Å². The van der Waals surface area contributed by atoms with Gasteiger partial charge in [0.05, 0.1) is 0 Å². The molecule has 5 nitrogen and oxygen atoms in total. The Balaban J connectivity index is 2.18. The number of hydrogen-bond donors (Lipinski definition) is 2. The maximum absolute atomic E-state index is 5.50. The molecule has 1 aromatic heterocycles. The molecule has 0 atom stereocenters. The summed E-state index contributed by atoms with van der Waals surface area (Å²) in [4.78, 5) is 11.4. The number of nitrogens with zero attached hydrogens (tertiary/aromatic N) is 3. The number of rotatable bonds is 5. The van der Waals surface area contributed by atoms with Gasteiger partial charge in [-0.3, -0.25) is 0 Å². The zero-order valence-electron chi connectivity index (χ0n) is 12.0. The molecule has 1 fully saturated rings. The fourth-order valence-corrected chi connectivity index (χ4v) is 2.73. The molecule has 19 heavy (non-hydrogen) atoms. The van der Waals surface area contributed by atoms with E-state index >= 15 is 0 Å². The second-order valence-corrected chi connectivity index (χ2v) is 5.32. The largest absolute Gasteiger partial charge is 0.357 e. The summed E-state index contributed by atoms with van der Waals surface area (Å²) in [5, 5.41) is 0. The lowest BCUT2D eigenvalue weighted by Crippen LogP contribution is -2.34. The summed E-state index contributed by atoms with van der Waals surface area (Å²) in [6.07, 6.45) is 8.46. The highest BCUT2D eigenvalue weighted by atomic mass is 15.3. The van der Waals surface area contributed by atoms with Gasteiger partial charge < -0.3 is 10.3 Å². The molecule has 0 radical (unpaired) electrons. The minimum Gasteiger partial charge on any atom is -0.357 e. The van der Waals surface area contributed by atoms with E-state index in [1.165, 1.54) is 32.1 Å². The predicted molar refractivity (Wildman–Crippen MR) is 79.1 cm³/mol. The molecule has 0 spiro atoms. The lowest BCUT2D eigenvalue weighted by atomic mass is 9.94. The third-order valence-corrected chi connectivity index (χ3v) is 3.86. The van der Waals surface area contributed by atoms with Crippen LogP contribution in [0.5, 0.6) is 0 Å². The molecule has 1 aromatic rings. The van der Waals surface area contributed by atoms with Crippen LogP contribution in [0.2, 0.25) is 0 Å². The standard InChI is InChI=1S/C14H25N5/c1-3-7-12-16-13(18-15)10-14(17-12)19(2)11-8-5-4-6-9-11/h10-11H,3-9,15H2,1-2H3,(H,16,17,18). The minimum atomic E-state index is 0.601. The van der Waals surface area contributed by atoms with Gasteiger partial charge >= 0.3 is 0 Å². The van der Waals surface area contributed by atoms with Gasteiger partial charge in [-0.05, 0) is 19.3 Å². The number of hydrogen-bond acceptors (Lipinski definition) is 5. The van der Waals surface area contributed by atoms with Crippen LogP contribution in [0.15, 0.2) is 6.07 Å². The van der Waals surface area contributed by atoms with E-state index in [1.807, 2.05) is 6.07 Å². The molecule has 5 heteroatoms. The van der Waals surface area contributed by atoms with E-state index in [-0.39, 0.29) is 0 Å². The van der Waals surface area contributed by atoms with Gasteiger partial charge in [-0.15, -0.1) is 0 Å². The second-order valence-electron chi connectivity index (χ2n) is 5.32. The van der Waals surface area contributed by atoms with Crippen molar-refractivity contribution in [1.82, 2.24) is 9.97 Å². The smallest absolute Gasteiger partial charge is 0.145 e. The highest BCUT2D eigenvalue weighted by Crippen LogP contribution is 2.26. The third kappa shape index (κ3) is 3.56. The number of nitrogen functional groups attached to an aromatic ring is 1. The Kier molecular flexibility index (Phi) is 4.96. The van der Waals surface area contributed by atoms with E-state index in [1.54, 1.807) is 0 Å². The van der Waals surface area contributed by atoms with Crippen LogP contribution in [0.25, 0.3) is 0 Å². The van der Waals surface area contributed by atoms with Gasteiger partial charge in [0, 0.05) is 25.6 Å². The normalized spacial score (nSPS) is 16.4. The molecule has 1 saturated carbocycles. The number of aryl methyl sites for hydroxylation is 1. The summed E-state index contributed by atoms with van der Waals surface area (Å²) >= 11 is 0. The van der Waals surface area contributed by atoms with Crippen molar-refractivity contribution in [2.24, 2.45) is 5.84 Å². The molecule has 0 aliphatic heterocycles. The SMILES string of the molecule is CCCc1nc(NN)cc(N(C)C2CCCCC2)n1. The molecular formula is C14H25N5. The van der Waals surface area contributed by atoms with Gasteiger partial charge in [-0.2, -0.15) is 0 Å². The molecule has 0 bridgehead atoms. The minimum absolute atomic E-state index is 0.601. The fourth-order valence-electron chi connectivity index (χ4n) is 2.73. The molecule has 1 aliphatic carbocycles. The molecule has 1 aliphatic rings. The van der Waals surface area contributed by atoms with Crippen molar-refractivity contribution in [2.75, 3.05) is 17.4 Å². The second kappa shape index (κ2) is 6.70. The molecule has 2 rings (SSSR count). The third-order valence-electron chi connectivity index (χ3n) is 3.86. The van der Waals surface area contributed by atoms with E-state index in [2.05, 4.69) is 34.3 Å². The molecule has 0 aromatic carbocycles. The average Bonchev–Trinajstić information content (AvgIpc) is 2.47. The summed E-state index contributed by atoms with van der Waals surface area (Å²) in [5.74, 6) is 8.06.